The van der Waals surface area contributed by atoms with E-state index in [1.54, 1.807) is 0 Å². The number of hydrogen-bond donors (Lipinski definition) is 0. The van der Waals surface area contributed by atoms with Crippen LogP contribution >= 0.6 is 0 Å². The highest BCUT2D eigenvalue weighted by Gasteiger charge is 2.29. The van der Waals surface area contributed by atoms with Gasteiger partial charge in [0.15, 0.2) is 5.56 Å². The van der Waals surface area contributed by atoms with E-state index in [4.69, 9.17) is 0 Å². The Hall–Kier alpha value is -1.66. The van der Waals surface area contributed by atoms with E-state index in [0.29, 0.717) is 0 Å². The third kappa shape index (κ3) is 1.66. The smallest absolute Gasteiger partial charge is 0.258 e. The van der Waals surface area contributed by atoms with Crippen LogP contribution < -0.4 is 0 Å². The van der Waals surface area contributed by atoms with Crippen molar-refractivity contribution < 1.29 is 18.1 Å². The third-order valence-corrected chi connectivity index (χ3v) is 1.62. The summed E-state index contributed by atoms with van der Waals surface area (Å²) in [6, 6.07) is 0. The Bertz CT molecular complexity index is 381. The molecular weight excluding hydrogens is 201 g/mol. The molecule has 4 nitrogen and oxygen atoms in total. The highest BCUT2D eigenvalue weighted by Crippen LogP contribution is 2.32. The van der Waals surface area contributed by atoms with E-state index in [1.165, 1.54) is 6.92 Å². The van der Waals surface area contributed by atoms with Crippen molar-refractivity contribution in [2.45, 2.75) is 13.3 Å². The normalized spacial score (nSPS) is 10.6. The second-order valence-electron chi connectivity index (χ2n) is 2.55. The molecule has 0 radical (unpaired) electrons. The largest absolute Gasteiger partial charge is 0.287 e. The van der Waals surface area contributed by atoms with Crippen LogP contribution in [0.15, 0.2) is 6.20 Å². The molecule has 0 bridgehead atoms. The van der Waals surface area contributed by atoms with Gasteiger partial charge in [0, 0.05) is 11.8 Å². The van der Waals surface area contributed by atoms with Gasteiger partial charge in [0.2, 0.25) is 5.95 Å². The standard InChI is InChI=1S/C7H5F3N2O2/c1-3-2-11-7(10)4(6(8)9)5(3)12(13)14/h2,6H,1H3. The van der Waals surface area contributed by atoms with Crippen molar-refractivity contribution in [3.8, 4) is 0 Å². The lowest BCUT2D eigenvalue weighted by Crippen LogP contribution is -2.03. The van der Waals surface area contributed by atoms with Crippen LogP contribution in [0.3, 0.4) is 0 Å². The average molecular weight is 206 g/mol. The van der Waals surface area contributed by atoms with Gasteiger partial charge in [-0.15, -0.1) is 0 Å². The van der Waals surface area contributed by atoms with Gasteiger partial charge in [0.25, 0.3) is 12.1 Å². The maximum atomic E-state index is 12.7. The first-order valence-electron chi connectivity index (χ1n) is 3.52. The SMILES string of the molecule is Cc1cnc(F)c(C(F)F)c1[N+](=O)[O-]. The molecule has 14 heavy (non-hydrogen) atoms. The molecule has 0 unspecified atom stereocenters. The summed E-state index contributed by atoms with van der Waals surface area (Å²) in [5, 5.41) is 10.4. The van der Waals surface area contributed by atoms with E-state index in [1.807, 2.05) is 0 Å². The Morgan fingerprint density at radius 1 is 1.57 bits per heavy atom. The Balaban J connectivity index is 3.50. The van der Waals surface area contributed by atoms with Crippen molar-refractivity contribution in [1.82, 2.24) is 4.98 Å². The van der Waals surface area contributed by atoms with Crippen molar-refractivity contribution in [1.29, 1.82) is 0 Å². The van der Waals surface area contributed by atoms with E-state index >= 15 is 0 Å². The Morgan fingerprint density at radius 3 is 2.50 bits per heavy atom. The molecule has 0 saturated carbocycles. The molecule has 1 aromatic heterocycles. The van der Waals surface area contributed by atoms with Crippen molar-refractivity contribution in [2.24, 2.45) is 0 Å². The molecule has 0 spiro atoms. The Kier molecular flexibility index (Phi) is 2.68. The number of nitro groups is 1. The van der Waals surface area contributed by atoms with Gasteiger partial charge in [-0.1, -0.05) is 0 Å². The quantitative estimate of drug-likeness (QED) is 0.424. The summed E-state index contributed by atoms with van der Waals surface area (Å²) in [6.45, 7) is 1.22. The summed E-state index contributed by atoms with van der Waals surface area (Å²) in [4.78, 5) is 12.3. The van der Waals surface area contributed by atoms with Crippen molar-refractivity contribution in [2.75, 3.05) is 0 Å². The molecule has 76 valence electrons. The van der Waals surface area contributed by atoms with Gasteiger partial charge in [-0.25, -0.2) is 13.8 Å². The number of pyridine rings is 1. The van der Waals surface area contributed by atoms with E-state index in [-0.39, 0.29) is 5.56 Å². The molecule has 0 aliphatic heterocycles. The number of hydrogen-bond acceptors (Lipinski definition) is 3. The summed E-state index contributed by atoms with van der Waals surface area (Å²) < 4.78 is 37.2. The third-order valence-electron chi connectivity index (χ3n) is 1.62. The van der Waals surface area contributed by atoms with Gasteiger partial charge >= 0.3 is 0 Å². The summed E-state index contributed by atoms with van der Waals surface area (Å²) in [6.07, 6.45) is -2.40. The zero-order valence-electron chi connectivity index (χ0n) is 7.00. The molecule has 7 heteroatoms. The molecule has 0 aromatic carbocycles. The lowest BCUT2D eigenvalue weighted by Gasteiger charge is -2.04. The minimum Gasteiger partial charge on any atom is -0.258 e. The second kappa shape index (κ2) is 3.60. The topological polar surface area (TPSA) is 56.0 Å². The fourth-order valence-electron chi connectivity index (χ4n) is 1.03. The highest BCUT2D eigenvalue weighted by atomic mass is 19.3. The molecule has 0 amide bonds. The average Bonchev–Trinajstić information content (AvgIpc) is 2.07. The van der Waals surface area contributed by atoms with Crippen LogP contribution in [-0.2, 0) is 0 Å². The van der Waals surface area contributed by atoms with Crippen LogP contribution in [0.2, 0.25) is 0 Å². The van der Waals surface area contributed by atoms with Gasteiger partial charge in [-0.3, -0.25) is 10.1 Å². The summed E-state index contributed by atoms with van der Waals surface area (Å²) >= 11 is 0. The number of aryl methyl sites for hydroxylation is 1. The Morgan fingerprint density at radius 2 is 2.14 bits per heavy atom. The minimum atomic E-state index is -3.25. The predicted octanol–water partition coefficient (Wildman–Crippen LogP) is 2.37. The van der Waals surface area contributed by atoms with E-state index in [2.05, 4.69) is 4.98 Å². The maximum absolute atomic E-state index is 12.7. The Labute approximate surface area is 76.5 Å². The van der Waals surface area contributed by atoms with Gasteiger partial charge in [0.1, 0.15) is 0 Å². The van der Waals surface area contributed by atoms with Crippen LogP contribution in [0.1, 0.15) is 17.6 Å². The zero-order valence-corrected chi connectivity index (χ0v) is 7.00. The first-order valence-corrected chi connectivity index (χ1v) is 3.52. The molecule has 0 saturated heterocycles. The number of nitrogens with zero attached hydrogens (tertiary/aromatic N) is 2. The summed E-state index contributed by atoms with van der Waals surface area (Å²) in [7, 11) is 0. The molecule has 0 atom stereocenters. The lowest BCUT2D eigenvalue weighted by molar-refractivity contribution is -0.387. The first-order chi connectivity index (χ1) is 6.45. The van der Waals surface area contributed by atoms with Crippen LogP contribution in [-0.4, -0.2) is 9.91 Å². The molecule has 1 aromatic rings. The maximum Gasteiger partial charge on any atom is 0.287 e. The van der Waals surface area contributed by atoms with Gasteiger partial charge < -0.3 is 0 Å². The zero-order chi connectivity index (χ0) is 10.9. The van der Waals surface area contributed by atoms with Gasteiger partial charge in [-0.05, 0) is 6.92 Å². The van der Waals surface area contributed by atoms with E-state index < -0.39 is 28.5 Å². The van der Waals surface area contributed by atoms with E-state index in [9.17, 15) is 23.3 Å². The van der Waals surface area contributed by atoms with Crippen molar-refractivity contribution >= 4 is 5.69 Å². The number of alkyl halides is 2. The number of rotatable bonds is 2. The molecule has 1 rings (SSSR count). The molecular formula is C7H5F3N2O2. The molecule has 1 heterocycles. The number of aromatic nitrogens is 1. The first kappa shape index (κ1) is 10.4. The summed E-state index contributed by atoms with van der Waals surface area (Å²) in [5.41, 5.74) is -2.26. The van der Waals surface area contributed by atoms with Crippen LogP contribution in [0.4, 0.5) is 18.9 Å². The fraction of sp³-hybridized carbons (Fsp3) is 0.286. The lowest BCUT2D eigenvalue weighted by atomic mass is 10.1. The second-order valence-corrected chi connectivity index (χ2v) is 2.55. The van der Waals surface area contributed by atoms with E-state index in [0.717, 1.165) is 6.20 Å². The molecule has 0 aliphatic rings. The molecule has 0 fully saturated rings. The summed E-state index contributed by atoms with van der Waals surface area (Å²) in [5.74, 6) is -1.50. The molecule has 0 aliphatic carbocycles. The van der Waals surface area contributed by atoms with Crippen molar-refractivity contribution in [3.05, 3.63) is 33.4 Å². The van der Waals surface area contributed by atoms with Crippen LogP contribution in [0.25, 0.3) is 0 Å². The molecule has 0 N–H and O–H groups in total. The van der Waals surface area contributed by atoms with Crippen LogP contribution in [0.5, 0.6) is 0 Å². The van der Waals surface area contributed by atoms with Crippen molar-refractivity contribution in [3.63, 3.8) is 0 Å². The predicted molar refractivity (Wildman–Crippen MR) is 40.5 cm³/mol. The van der Waals surface area contributed by atoms with Crippen LogP contribution in [0, 0.1) is 23.0 Å². The fourth-order valence-corrected chi connectivity index (χ4v) is 1.03. The van der Waals surface area contributed by atoms with Gasteiger partial charge in [0.05, 0.1) is 4.92 Å². The monoisotopic (exact) mass is 206 g/mol. The minimum absolute atomic E-state index is 0.0910. The number of halogens is 3. The highest BCUT2D eigenvalue weighted by molar-refractivity contribution is 5.45. The van der Waals surface area contributed by atoms with Gasteiger partial charge in [-0.2, -0.15) is 4.39 Å².